The average Bonchev–Trinajstić information content (AvgIpc) is 3.05. The molecule has 1 aromatic rings. The van der Waals surface area contributed by atoms with Crippen molar-refractivity contribution in [2.75, 3.05) is 19.6 Å². The van der Waals surface area contributed by atoms with Gasteiger partial charge in [0.25, 0.3) is 5.91 Å². The van der Waals surface area contributed by atoms with Crippen LogP contribution in [-0.4, -0.2) is 36.5 Å². The Morgan fingerprint density at radius 1 is 1.56 bits per heavy atom. The summed E-state index contributed by atoms with van der Waals surface area (Å²) < 4.78 is 5.36. The Morgan fingerprint density at radius 3 is 3.00 bits per heavy atom. The zero-order valence-electron chi connectivity index (χ0n) is 11.2. The summed E-state index contributed by atoms with van der Waals surface area (Å²) in [7, 11) is 0. The van der Waals surface area contributed by atoms with E-state index in [1.807, 2.05) is 11.8 Å². The number of carbonyl (C=O) groups excluding carboxylic acids is 1. The molecule has 0 aromatic carbocycles. The SMILES string of the molecule is CCCN(C(=O)c1ccoc1CC)C1CCNC1. The third kappa shape index (κ3) is 2.58. The molecule has 4 heteroatoms. The number of nitrogens with zero attached hydrogens (tertiary/aromatic N) is 1. The number of hydrogen-bond acceptors (Lipinski definition) is 3. The fourth-order valence-electron chi connectivity index (χ4n) is 2.56. The lowest BCUT2D eigenvalue weighted by atomic mass is 10.1. The van der Waals surface area contributed by atoms with Gasteiger partial charge < -0.3 is 14.6 Å². The number of aryl methyl sites for hydroxylation is 1. The molecule has 1 fully saturated rings. The third-order valence-corrected chi connectivity index (χ3v) is 3.50. The van der Waals surface area contributed by atoms with Crippen molar-refractivity contribution in [3.63, 3.8) is 0 Å². The number of carbonyl (C=O) groups is 1. The summed E-state index contributed by atoms with van der Waals surface area (Å²) in [6, 6.07) is 2.13. The quantitative estimate of drug-likeness (QED) is 0.870. The minimum absolute atomic E-state index is 0.121. The van der Waals surface area contributed by atoms with Crippen LogP contribution in [0, 0.1) is 0 Å². The molecule has 100 valence electrons. The van der Waals surface area contributed by atoms with E-state index in [4.69, 9.17) is 4.42 Å². The van der Waals surface area contributed by atoms with Gasteiger partial charge in [-0.3, -0.25) is 4.79 Å². The topological polar surface area (TPSA) is 45.5 Å². The number of hydrogen-bond donors (Lipinski definition) is 1. The third-order valence-electron chi connectivity index (χ3n) is 3.50. The minimum Gasteiger partial charge on any atom is -0.469 e. The molecule has 1 unspecified atom stereocenters. The molecule has 4 nitrogen and oxygen atoms in total. The highest BCUT2D eigenvalue weighted by molar-refractivity contribution is 5.95. The van der Waals surface area contributed by atoms with Crippen LogP contribution in [0.25, 0.3) is 0 Å². The second-order valence-corrected chi connectivity index (χ2v) is 4.76. The molecular weight excluding hydrogens is 228 g/mol. The van der Waals surface area contributed by atoms with Crippen LogP contribution in [0.5, 0.6) is 0 Å². The first kappa shape index (κ1) is 13.1. The van der Waals surface area contributed by atoms with Crippen molar-refractivity contribution in [2.24, 2.45) is 0 Å². The fraction of sp³-hybridized carbons (Fsp3) is 0.643. The van der Waals surface area contributed by atoms with E-state index in [0.717, 1.165) is 50.2 Å². The van der Waals surface area contributed by atoms with Gasteiger partial charge in [-0.1, -0.05) is 13.8 Å². The second-order valence-electron chi connectivity index (χ2n) is 4.76. The van der Waals surface area contributed by atoms with Gasteiger partial charge in [0, 0.05) is 25.6 Å². The molecule has 18 heavy (non-hydrogen) atoms. The highest BCUT2D eigenvalue weighted by Crippen LogP contribution is 2.18. The van der Waals surface area contributed by atoms with Crippen LogP contribution in [-0.2, 0) is 6.42 Å². The number of rotatable bonds is 5. The van der Waals surface area contributed by atoms with E-state index in [9.17, 15) is 4.79 Å². The predicted octanol–water partition coefficient (Wildman–Crippen LogP) is 2.06. The Labute approximate surface area is 108 Å². The highest BCUT2D eigenvalue weighted by Gasteiger charge is 2.28. The lowest BCUT2D eigenvalue weighted by molar-refractivity contribution is 0.0690. The van der Waals surface area contributed by atoms with Crippen molar-refractivity contribution in [2.45, 2.75) is 39.2 Å². The summed E-state index contributed by atoms with van der Waals surface area (Å²) in [6.45, 7) is 6.85. The Hall–Kier alpha value is -1.29. The van der Waals surface area contributed by atoms with Crippen molar-refractivity contribution < 1.29 is 9.21 Å². The first-order chi connectivity index (χ1) is 8.77. The van der Waals surface area contributed by atoms with Gasteiger partial charge in [-0.25, -0.2) is 0 Å². The molecule has 0 aliphatic carbocycles. The molecule has 0 bridgehead atoms. The largest absolute Gasteiger partial charge is 0.469 e. The smallest absolute Gasteiger partial charge is 0.257 e. The standard InChI is InChI=1S/C14H22N2O2/c1-3-8-16(11-5-7-15-10-11)14(17)12-6-9-18-13(12)4-2/h6,9,11,15H,3-5,7-8,10H2,1-2H3. The summed E-state index contributed by atoms with van der Waals surface area (Å²) in [5, 5.41) is 3.32. The van der Waals surface area contributed by atoms with Crippen LogP contribution in [0.2, 0.25) is 0 Å². The predicted molar refractivity (Wildman–Crippen MR) is 70.7 cm³/mol. The van der Waals surface area contributed by atoms with E-state index < -0.39 is 0 Å². The van der Waals surface area contributed by atoms with Crippen LogP contribution < -0.4 is 5.32 Å². The van der Waals surface area contributed by atoms with Crippen molar-refractivity contribution in [1.29, 1.82) is 0 Å². The molecule has 1 atom stereocenters. The number of nitrogens with one attached hydrogen (secondary N) is 1. The monoisotopic (exact) mass is 250 g/mol. The van der Waals surface area contributed by atoms with Crippen LogP contribution in [0.1, 0.15) is 42.8 Å². The van der Waals surface area contributed by atoms with Gasteiger partial charge in [0.15, 0.2) is 0 Å². The van der Waals surface area contributed by atoms with Crippen LogP contribution >= 0.6 is 0 Å². The van der Waals surface area contributed by atoms with Crippen LogP contribution in [0.4, 0.5) is 0 Å². The van der Waals surface area contributed by atoms with Gasteiger partial charge in [0.1, 0.15) is 5.76 Å². The number of amides is 1. The van der Waals surface area contributed by atoms with Crippen molar-refractivity contribution >= 4 is 5.91 Å². The van der Waals surface area contributed by atoms with Gasteiger partial charge in [-0.2, -0.15) is 0 Å². The average molecular weight is 250 g/mol. The van der Waals surface area contributed by atoms with Gasteiger partial charge >= 0.3 is 0 Å². The van der Waals surface area contributed by atoms with E-state index in [-0.39, 0.29) is 5.91 Å². The van der Waals surface area contributed by atoms with Gasteiger partial charge in [0.05, 0.1) is 11.8 Å². The van der Waals surface area contributed by atoms with Crippen molar-refractivity contribution in [3.05, 3.63) is 23.7 Å². The maximum Gasteiger partial charge on any atom is 0.257 e. The molecule has 0 radical (unpaired) electrons. The van der Waals surface area contributed by atoms with E-state index in [1.165, 1.54) is 0 Å². The summed E-state index contributed by atoms with van der Waals surface area (Å²) in [6.07, 6.45) is 4.41. The maximum absolute atomic E-state index is 12.6. The first-order valence-corrected chi connectivity index (χ1v) is 6.86. The van der Waals surface area contributed by atoms with Crippen molar-refractivity contribution in [1.82, 2.24) is 10.2 Å². The summed E-state index contributed by atoms with van der Waals surface area (Å²) in [5.74, 6) is 0.920. The minimum atomic E-state index is 0.121. The van der Waals surface area contributed by atoms with E-state index in [0.29, 0.717) is 6.04 Å². The van der Waals surface area contributed by atoms with Crippen LogP contribution in [0.3, 0.4) is 0 Å². The molecule has 1 saturated heterocycles. The molecule has 2 heterocycles. The molecule has 1 N–H and O–H groups in total. The molecular formula is C14H22N2O2. The molecule has 1 aliphatic heterocycles. The molecule has 2 rings (SSSR count). The van der Waals surface area contributed by atoms with Crippen molar-refractivity contribution in [3.8, 4) is 0 Å². The van der Waals surface area contributed by atoms with Gasteiger partial charge in [-0.15, -0.1) is 0 Å². The Bertz CT molecular complexity index is 394. The maximum atomic E-state index is 12.6. The summed E-state index contributed by atoms with van der Waals surface area (Å²) in [4.78, 5) is 14.6. The van der Waals surface area contributed by atoms with E-state index in [1.54, 1.807) is 12.3 Å². The summed E-state index contributed by atoms with van der Waals surface area (Å²) in [5.41, 5.74) is 0.734. The Kier molecular flexibility index (Phi) is 4.42. The van der Waals surface area contributed by atoms with Crippen LogP contribution in [0.15, 0.2) is 16.7 Å². The molecule has 1 aliphatic rings. The second kappa shape index (κ2) is 6.05. The Balaban J connectivity index is 2.17. The molecule has 0 spiro atoms. The number of furan rings is 1. The first-order valence-electron chi connectivity index (χ1n) is 6.86. The zero-order chi connectivity index (χ0) is 13.0. The zero-order valence-corrected chi connectivity index (χ0v) is 11.2. The molecule has 0 saturated carbocycles. The van der Waals surface area contributed by atoms with E-state index in [2.05, 4.69) is 12.2 Å². The van der Waals surface area contributed by atoms with Gasteiger partial charge in [0.2, 0.25) is 0 Å². The Morgan fingerprint density at radius 2 is 2.39 bits per heavy atom. The lowest BCUT2D eigenvalue weighted by Gasteiger charge is -2.28. The summed E-state index contributed by atoms with van der Waals surface area (Å²) >= 11 is 0. The lowest BCUT2D eigenvalue weighted by Crippen LogP contribution is -2.42. The van der Waals surface area contributed by atoms with Gasteiger partial charge in [-0.05, 0) is 25.5 Å². The fourth-order valence-corrected chi connectivity index (χ4v) is 2.56. The highest BCUT2D eigenvalue weighted by atomic mass is 16.3. The molecule has 1 amide bonds. The molecule has 1 aromatic heterocycles. The normalized spacial score (nSPS) is 19.1. The van der Waals surface area contributed by atoms with E-state index >= 15 is 0 Å².